The van der Waals surface area contributed by atoms with E-state index in [1.165, 1.54) is 37.4 Å². The number of imidazole rings is 1. The van der Waals surface area contributed by atoms with Crippen LogP contribution in [0.5, 0.6) is 0 Å². The summed E-state index contributed by atoms with van der Waals surface area (Å²) in [6, 6.07) is 11.1. The molecule has 0 spiro atoms. The van der Waals surface area contributed by atoms with Gasteiger partial charge in [0.15, 0.2) is 0 Å². The number of nitrogens with two attached hydrogens (primary N) is 1. The van der Waals surface area contributed by atoms with Crippen LogP contribution in [0.4, 0.5) is 32.0 Å². The number of nitrogens with zero attached hydrogens (tertiary/aromatic N) is 2. The Hall–Kier alpha value is -4.43. The van der Waals surface area contributed by atoms with Crippen molar-refractivity contribution < 1.29 is 40.7 Å². The van der Waals surface area contributed by atoms with Gasteiger partial charge < -0.3 is 15.0 Å². The zero-order chi connectivity index (χ0) is 29.2. The van der Waals surface area contributed by atoms with Crippen LogP contribution in [-0.4, -0.2) is 28.9 Å². The Morgan fingerprint density at radius 2 is 1.57 bits per heavy atom. The normalized spacial score (nSPS) is 12.0. The first-order valence-corrected chi connectivity index (χ1v) is 11.5. The summed E-state index contributed by atoms with van der Waals surface area (Å²) in [6.45, 7) is -0.506. The predicted octanol–water partition coefficient (Wildman–Crippen LogP) is 5.20. The van der Waals surface area contributed by atoms with Crippen LogP contribution in [0.1, 0.15) is 43.2 Å². The standard InChI is InChI=1S/C26H21F6N5O3/c1-40-13-21-35-20-11-15(37(33)24(39)16-7-3-5-9-19(16)26(30,31)32)10-17(22(20)36-21)23(38)34-12-14-6-2-4-8-18(14)25(27,28)29/h2-11H,12-13,33H2,1H3,(H,34,38)(H,35,36). The highest BCUT2D eigenvalue weighted by Crippen LogP contribution is 2.34. The average Bonchev–Trinajstić information content (AvgIpc) is 3.32. The summed E-state index contributed by atoms with van der Waals surface area (Å²) in [4.78, 5) is 33.4. The minimum absolute atomic E-state index is 0.00570. The monoisotopic (exact) mass is 565 g/mol. The number of nitrogens with one attached hydrogen (secondary N) is 2. The van der Waals surface area contributed by atoms with Crippen molar-refractivity contribution in [3.05, 3.63) is 94.3 Å². The van der Waals surface area contributed by atoms with Gasteiger partial charge in [0.05, 0.1) is 33.5 Å². The van der Waals surface area contributed by atoms with E-state index >= 15 is 0 Å². The number of rotatable bonds is 7. The summed E-state index contributed by atoms with van der Waals surface area (Å²) in [6.07, 6.45) is -9.49. The van der Waals surface area contributed by atoms with E-state index in [0.29, 0.717) is 5.01 Å². The fraction of sp³-hybridized carbons (Fsp3) is 0.192. The van der Waals surface area contributed by atoms with E-state index in [4.69, 9.17) is 10.6 Å². The van der Waals surface area contributed by atoms with Crippen molar-refractivity contribution in [2.75, 3.05) is 12.1 Å². The molecular formula is C26H21F6N5O3. The van der Waals surface area contributed by atoms with Crippen LogP contribution in [-0.2, 0) is 30.2 Å². The molecule has 0 unspecified atom stereocenters. The first kappa shape index (κ1) is 28.6. The van der Waals surface area contributed by atoms with Gasteiger partial charge in [-0.1, -0.05) is 30.3 Å². The summed E-state index contributed by atoms with van der Waals surface area (Å²) in [5.74, 6) is 4.13. The van der Waals surface area contributed by atoms with Gasteiger partial charge in [0.2, 0.25) is 0 Å². The molecule has 4 aromatic rings. The number of alkyl halides is 6. The number of carbonyl (C=O) groups excluding carboxylic acids is 2. The first-order chi connectivity index (χ1) is 18.8. The van der Waals surface area contributed by atoms with Crippen LogP contribution in [0.3, 0.4) is 0 Å². The Bertz CT molecular complexity index is 1560. The van der Waals surface area contributed by atoms with Gasteiger partial charge in [-0.3, -0.25) is 9.59 Å². The van der Waals surface area contributed by atoms with Gasteiger partial charge in [-0.05, 0) is 35.9 Å². The molecule has 2 amide bonds. The van der Waals surface area contributed by atoms with E-state index in [9.17, 15) is 35.9 Å². The summed E-state index contributed by atoms with van der Waals surface area (Å²) in [7, 11) is 1.39. The summed E-state index contributed by atoms with van der Waals surface area (Å²) >= 11 is 0. The van der Waals surface area contributed by atoms with Gasteiger partial charge in [-0.15, -0.1) is 0 Å². The third-order valence-electron chi connectivity index (χ3n) is 5.87. The van der Waals surface area contributed by atoms with Gasteiger partial charge in [0, 0.05) is 13.7 Å². The summed E-state index contributed by atoms with van der Waals surface area (Å²) < 4.78 is 85.7. The molecule has 1 heterocycles. The van der Waals surface area contributed by atoms with Gasteiger partial charge >= 0.3 is 12.4 Å². The maximum absolute atomic E-state index is 13.5. The molecule has 210 valence electrons. The largest absolute Gasteiger partial charge is 0.417 e. The van der Waals surface area contributed by atoms with E-state index in [1.54, 1.807) is 0 Å². The maximum Gasteiger partial charge on any atom is 0.417 e. The van der Waals surface area contributed by atoms with Gasteiger partial charge in [-0.2, -0.15) is 26.3 Å². The molecule has 0 aliphatic rings. The fourth-order valence-electron chi connectivity index (χ4n) is 4.06. The second-order valence-corrected chi connectivity index (χ2v) is 8.56. The third-order valence-corrected chi connectivity index (χ3v) is 5.87. The van der Waals surface area contributed by atoms with E-state index in [0.717, 1.165) is 30.3 Å². The predicted molar refractivity (Wildman–Crippen MR) is 132 cm³/mol. The van der Waals surface area contributed by atoms with Crippen molar-refractivity contribution in [1.29, 1.82) is 0 Å². The fourth-order valence-corrected chi connectivity index (χ4v) is 4.06. The first-order valence-electron chi connectivity index (χ1n) is 11.5. The number of carbonyl (C=O) groups is 2. The van der Waals surface area contributed by atoms with E-state index in [-0.39, 0.29) is 40.3 Å². The SMILES string of the molecule is COCc1nc2c(C(=O)NCc3ccccc3C(F)(F)F)cc(N(N)C(=O)c3ccccc3C(F)(F)F)cc2[nH]1. The van der Waals surface area contributed by atoms with E-state index < -0.39 is 47.4 Å². The Morgan fingerprint density at radius 3 is 2.23 bits per heavy atom. The second-order valence-electron chi connectivity index (χ2n) is 8.56. The quantitative estimate of drug-likeness (QED) is 0.123. The number of amides is 2. The minimum Gasteiger partial charge on any atom is -0.377 e. The lowest BCUT2D eigenvalue weighted by atomic mass is 10.1. The highest BCUT2D eigenvalue weighted by atomic mass is 19.4. The lowest BCUT2D eigenvalue weighted by molar-refractivity contribution is -0.138. The zero-order valence-electron chi connectivity index (χ0n) is 20.7. The molecule has 0 aliphatic carbocycles. The molecule has 0 bridgehead atoms. The highest BCUT2D eigenvalue weighted by Gasteiger charge is 2.36. The Morgan fingerprint density at radius 1 is 0.950 bits per heavy atom. The van der Waals surface area contributed by atoms with Crippen molar-refractivity contribution in [1.82, 2.24) is 15.3 Å². The number of benzene rings is 3. The molecule has 0 radical (unpaired) electrons. The van der Waals surface area contributed by atoms with Crippen LogP contribution in [0.2, 0.25) is 0 Å². The molecule has 0 saturated heterocycles. The number of hydrazine groups is 1. The Kier molecular flexibility index (Phi) is 7.84. The second kappa shape index (κ2) is 11.0. The topological polar surface area (TPSA) is 113 Å². The lowest BCUT2D eigenvalue weighted by Gasteiger charge is -2.20. The maximum atomic E-state index is 13.5. The van der Waals surface area contributed by atoms with Crippen molar-refractivity contribution in [3.8, 4) is 0 Å². The molecule has 4 N–H and O–H groups in total. The third kappa shape index (κ3) is 5.92. The van der Waals surface area contributed by atoms with Gasteiger partial charge in [0.1, 0.15) is 17.9 Å². The Balaban J connectivity index is 1.72. The summed E-state index contributed by atoms with van der Waals surface area (Å²) in [5.41, 5.74) is -3.17. The number of methoxy groups -OCH3 is 1. The molecule has 4 rings (SSSR count). The number of fused-ring (bicyclic) bond motifs is 1. The van der Waals surface area contributed by atoms with Crippen LogP contribution < -0.4 is 16.2 Å². The van der Waals surface area contributed by atoms with Crippen molar-refractivity contribution in [3.63, 3.8) is 0 Å². The highest BCUT2D eigenvalue weighted by molar-refractivity contribution is 6.10. The number of ether oxygens (including phenoxy) is 1. The van der Waals surface area contributed by atoms with Crippen molar-refractivity contribution in [2.45, 2.75) is 25.5 Å². The van der Waals surface area contributed by atoms with Crippen LogP contribution >= 0.6 is 0 Å². The van der Waals surface area contributed by atoms with Crippen LogP contribution in [0, 0.1) is 0 Å². The lowest BCUT2D eigenvalue weighted by Crippen LogP contribution is -2.38. The summed E-state index contributed by atoms with van der Waals surface area (Å²) in [5, 5.41) is 2.84. The van der Waals surface area contributed by atoms with Crippen LogP contribution in [0.25, 0.3) is 11.0 Å². The minimum atomic E-state index is -4.84. The molecule has 8 nitrogen and oxygen atoms in total. The van der Waals surface area contributed by atoms with Gasteiger partial charge in [-0.25, -0.2) is 15.8 Å². The molecule has 0 aliphatic heterocycles. The molecule has 40 heavy (non-hydrogen) atoms. The van der Waals surface area contributed by atoms with Gasteiger partial charge in [0.25, 0.3) is 11.8 Å². The Labute approximate surface area is 222 Å². The molecule has 14 heteroatoms. The average molecular weight is 565 g/mol. The number of hydrogen-bond donors (Lipinski definition) is 3. The molecule has 3 aromatic carbocycles. The smallest absolute Gasteiger partial charge is 0.377 e. The van der Waals surface area contributed by atoms with Crippen LogP contribution in [0.15, 0.2) is 60.7 Å². The van der Waals surface area contributed by atoms with E-state index in [2.05, 4.69) is 15.3 Å². The molecule has 0 atom stereocenters. The number of aromatic amines is 1. The van der Waals surface area contributed by atoms with Crippen molar-refractivity contribution >= 4 is 28.5 Å². The van der Waals surface area contributed by atoms with Crippen molar-refractivity contribution in [2.24, 2.45) is 5.84 Å². The zero-order valence-corrected chi connectivity index (χ0v) is 20.7. The number of halogens is 6. The van der Waals surface area contributed by atoms with E-state index in [1.807, 2.05) is 0 Å². The molecular weight excluding hydrogens is 544 g/mol. The molecule has 1 aromatic heterocycles. The number of hydrogen-bond acceptors (Lipinski definition) is 5. The number of aromatic nitrogens is 2. The number of H-pyrrole nitrogens is 1. The molecule has 0 fully saturated rings. The number of anilines is 1. The molecule has 0 saturated carbocycles.